The van der Waals surface area contributed by atoms with E-state index in [4.69, 9.17) is 11.6 Å². The minimum atomic E-state index is -0.316. The normalized spacial score (nSPS) is 27.6. The first-order valence-electron chi connectivity index (χ1n) is 4.92. The number of β-amino-alcohol motifs (C(OH)–C–C–N with tert-alkyl or cyclic N) is 1. The highest BCUT2D eigenvalue weighted by atomic mass is 35.5. The predicted molar refractivity (Wildman–Crippen MR) is 57.7 cm³/mol. The Morgan fingerprint density at radius 2 is 2.14 bits per heavy atom. The molecule has 14 heavy (non-hydrogen) atoms. The number of aliphatic hydroxyl groups excluding tert-OH is 1. The fourth-order valence-electron chi connectivity index (χ4n) is 1.98. The SMILES string of the molecule is O[C@@H]1CNCC[C@@H]1c1ccccc1Cl. The Labute approximate surface area is 88.9 Å². The third-order valence-electron chi connectivity index (χ3n) is 2.75. The number of halogens is 1. The molecule has 1 aliphatic heterocycles. The van der Waals surface area contributed by atoms with Crippen LogP contribution in [0.4, 0.5) is 0 Å². The fourth-order valence-corrected chi connectivity index (χ4v) is 2.26. The number of rotatable bonds is 1. The molecular formula is C11H14ClNO. The Morgan fingerprint density at radius 3 is 2.86 bits per heavy atom. The molecular weight excluding hydrogens is 198 g/mol. The Hall–Kier alpha value is -0.570. The first kappa shape index (κ1) is 9.97. The van der Waals surface area contributed by atoms with Crippen molar-refractivity contribution in [3.8, 4) is 0 Å². The van der Waals surface area contributed by atoms with E-state index in [1.54, 1.807) is 0 Å². The topological polar surface area (TPSA) is 32.3 Å². The van der Waals surface area contributed by atoms with Gasteiger partial charge in [0.25, 0.3) is 0 Å². The van der Waals surface area contributed by atoms with Crippen LogP contribution in [0.15, 0.2) is 24.3 Å². The van der Waals surface area contributed by atoms with Crippen LogP contribution in [0.3, 0.4) is 0 Å². The number of benzene rings is 1. The summed E-state index contributed by atoms with van der Waals surface area (Å²) in [5, 5.41) is 13.7. The van der Waals surface area contributed by atoms with Gasteiger partial charge in [-0.25, -0.2) is 0 Å². The van der Waals surface area contributed by atoms with Gasteiger partial charge in [0, 0.05) is 17.5 Å². The second-order valence-electron chi connectivity index (χ2n) is 3.69. The van der Waals surface area contributed by atoms with Gasteiger partial charge in [0.05, 0.1) is 6.10 Å². The van der Waals surface area contributed by atoms with E-state index >= 15 is 0 Å². The molecule has 0 radical (unpaired) electrons. The van der Waals surface area contributed by atoms with Crippen molar-refractivity contribution < 1.29 is 5.11 Å². The monoisotopic (exact) mass is 211 g/mol. The summed E-state index contributed by atoms with van der Waals surface area (Å²) >= 11 is 6.09. The molecule has 1 aliphatic rings. The van der Waals surface area contributed by atoms with Gasteiger partial charge in [-0.1, -0.05) is 29.8 Å². The Balaban J connectivity index is 2.25. The van der Waals surface area contributed by atoms with E-state index in [9.17, 15) is 5.11 Å². The molecule has 76 valence electrons. The first-order valence-corrected chi connectivity index (χ1v) is 5.30. The smallest absolute Gasteiger partial charge is 0.0733 e. The molecule has 2 atom stereocenters. The van der Waals surface area contributed by atoms with Crippen LogP contribution in [-0.4, -0.2) is 24.3 Å². The minimum Gasteiger partial charge on any atom is -0.391 e. The van der Waals surface area contributed by atoms with Crippen LogP contribution in [-0.2, 0) is 0 Å². The zero-order valence-corrected chi connectivity index (χ0v) is 8.67. The zero-order chi connectivity index (χ0) is 9.97. The lowest BCUT2D eigenvalue weighted by Crippen LogP contribution is -2.39. The predicted octanol–water partition coefficient (Wildman–Crippen LogP) is 1.78. The van der Waals surface area contributed by atoms with E-state index in [0.29, 0.717) is 6.54 Å². The van der Waals surface area contributed by atoms with Crippen LogP contribution >= 0.6 is 11.6 Å². The molecule has 2 N–H and O–H groups in total. The molecule has 3 heteroatoms. The molecule has 0 spiro atoms. The quantitative estimate of drug-likeness (QED) is 0.742. The van der Waals surface area contributed by atoms with Crippen LogP contribution < -0.4 is 5.32 Å². The summed E-state index contributed by atoms with van der Waals surface area (Å²) in [6.45, 7) is 1.61. The highest BCUT2D eigenvalue weighted by molar-refractivity contribution is 6.31. The molecule has 0 saturated carbocycles. The van der Waals surface area contributed by atoms with Gasteiger partial charge >= 0.3 is 0 Å². The first-order chi connectivity index (χ1) is 6.79. The highest BCUT2D eigenvalue weighted by Gasteiger charge is 2.25. The van der Waals surface area contributed by atoms with Crippen LogP contribution in [0, 0.1) is 0 Å². The Morgan fingerprint density at radius 1 is 1.36 bits per heavy atom. The maximum Gasteiger partial charge on any atom is 0.0733 e. The minimum absolute atomic E-state index is 0.185. The van der Waals surface area contributed by atoms with Crippen LogP contribution in [0.5, 0.6) is 0 Å². The summed E-state index contributed by atoms with van der Waals surface area (Å²) in [4.78, 5) is 0. The standard InChI is InChI=1S/C11H14ClNO/c12-10-4-2-1-3-8(10)9-5-6-13-7-11(9)14/h1-4,9,11,13-14H,5-7H2/t9-,11-/m1/s1. The third kappa shape index (κ3) is 1.92. The van der Waals surface area contributed by atoms with Crippen molar-refractivity contribution in [3.05, 3.63) is 34.9 Å². The lowest BCUT2D eigenvalue weighted by molar-refractivity contribution is 0.118. The van der Waals surface area contributed by atoms with Crippen molar-refractivity contribution >= 4 is 11.6 Å². The molecule has 2 nitrogen and oxygen atoms in total. The van der Waals surface area contributed by atoms with Crippen molar-refractivity contribution in [2.45, 2.75) is 18.4 Å². The second kappa shape index (κ2) is 4.30. The fraction of sp³-hybridized carbons (Fsp3) is 0.455. The lowest BCUT2D eigenvalue weighted by Gasteiger charge is -2.29. The van der Waals surface area contributed by atoms with Gasteiger partial charge in [0.1, 0.15) is 0 Å². The van der Waals surface area contributed by atoms with E-state index in [1.165, 1.54) is 0 Å². The van der Waals surface area contributed by atoms with Gasteiger partial charge in [0.15, 0.2) is 0 Å². The van der Waals surface area contributed by atoms with Gasteiger partial charge in [-0.2, -0.15) is 0 Å². The highest BCUT2D eigenvalue weighted by Crippen LogP contribution is 2.30. The molecule has 0 unspecified atom stereocenters. The lowest BCUT2D eigenvalue weighted by atomic mass is 9.88. The molecule has 1 aromatic carbocycles. The summed E-state index contributed by atoms with van der Waals surface area (Å²) in [5.74, 6) is 0.185. The van der Waals surface area contributed by atoms with E-state index < -0.39 is 0 Å². The van der Waals surface area contributed by atoms with Crippen molar-refractivity contribution in [1.29, 1.82) is 0 Å². The van der Waals surface area contributed by atoms with Crippen LogP contribution in [0.1, 0.15) is 17.9 Å². The average Bonchev–Trinajstić information content (AvgIpc) is 2.20. The number of hydrogen-bond donors (Lipinski definition) is 2. The summed E-state index contributed by atoms with van der Waals surface area (Å²) in [6, 6.07) is 7.77. The van der Waals surface area contributed by atoms with Crippen LogP contribution in [0.2, 0.25) is 5.02 Å². The van der Waals surface area contributed by atoms with Gasteiger partial charge in [-0.05, 0) is 24.6 Å². The molecule has 1 aromatic rings. The van der Waals surface area contributed by atoms with Gasteiger partial charge in [-0.3, -0.25) is 0 Å². The van der Waals surface area contributed by atoms with E-state index in [-0.39, 0.29) is 12.0 Å². The maximum absolute atomic E-state index is 9.83. The molecule has 0 amide bonds. The van der Waals surface area contributed by atoms with Crippen molar-refractivity contribution in [1.82, 2.24) is 5.32 Å². The number of aliphatic hydroxyl groups is 1. The maximum atomic E-state index is 9.83. The zero-order valence-electron chi connectivity index (χ0n) is 7.91. The molecule has 0 aromatic heterocycles. The van der Waals surface area contributed by atoms with E-state index in [0.717, 1.165) is 23.6 Å². The van der Waals surface area contributed by atoms with Crippen molar-refractivity contribution in [2.75, 3.05) is 13.1 Å². The third-order valence-corrected chi connectivity index (χ3v) is 3.10. The van der Waals surface area contributed by atoms with Crippen molar-refractivity contribution in [2.24, 2.45) is 0 Å². The molecule has 2 rings (SSSR count). The largest absolute Gasteiger partial charge is 0.391 e. The Bertz CT molecular complexity index is 316. The van der Waals surface area contributed by atoms with Gasteiger partial charge in [0.2, 0.25) is 0 Å². The van der Waals surface area contributed by atoms with E-state index in [2.05, 4.69) is 5.32 Å². The molecule has 1 heterocycles. The average molecular weight is 212 g/mol. The number of nitrogens with one attached hydrogen (secondary N) is 1. The number of hydrogen-bond acceptors (Lipinski definition) is 2. The summed E-state index contributed by atoms with van der Waals surface area (Å²) < 4.78 is 0. The van der Waals surface area contributed by atoms with Crippen molar-refractivity contribution in [3.63, 3.8) is 0 Å². The summed E-state index contributed by atoms with van der Waals surface area (Å²) in [6.07, 6.45) is 0.633. The van der Waals surface area contributed by atoms with Gasteiger partial charge in [-0.15, -0.1) is 0 Å². The van der Waals surface area contributed by atoms with Crippen LogP contribution in [0.25, 0.3) is 0 Å². The molecule has 0 bridgehead atoms. The Kier molecular flexibility index (Phi) is 3.06. The summed E-state index contributed by atoms with van der Waals surface area (Å²) in [7, 11) is 0. The molecule has 0 aliphatic carbocycles. The molecule has 1 saturated heterocycles. The number of piperidine rings is 1. The van der Waals surface area contributed by atoms with E-state index in [1.807, 2.05) is 24.3 Å². The van der Waals surface area contributed by atoms with Gasteiger partial charge < -0.3 is 10.4 Å². The molecule has 1 fully saturated rings. The second-order valence-corrected chi connectivity index (χ2v) is 4.10. The summed E-state index contributed by atoms with van der Waals surface area (Å²) in [5.41, 5.74) is 1.07.